The molecule has 3 N–H and O–H groups in total. The van der Waals surface area contributed by atoms with Gasteiger partial charge >= 0.3 is 0 Å². The lowest BCUT2D eigenvalue weighted by Gasteiger charge is -2.13. The number of hydrogen-bond donors (Lipinski definition) is 2. The van der Waals surface area contributed by atoms with Crippen LogP contribution in [0.4, 0.5) is 17.2 Å². The Bertz CT molecular complexity index is 927. The molecule has 0 spiro atoms. The highest BCUT2D eigenvalue weighted by Crippen LogP contribution is 2.43. The van der Waals surface area contributed by atoms with E-state index in [1.54, 1.807) is 0 Å². The summed E-state index contributed by atoms with van der Waals surface area (Å²) in [6, 6.07) is 7.88. The maximum Gasteiger partial charge on any atom is 0.143 e. The lowest BCUT2D eigenvalue weighted by molar-refractivity contribution is 0.700. The van der Waals surface area contributed by atoms with Gasteiger partial charge < -0.3 is 11.1 Å². The molecule has 2 aromatic heterocycles. The van der Waals surface area contributed by atoms with E-state index in [9.17, 15) is 0 Å². The second-order valence-electron chi connectivity index (χ2n) is 6.85. The fourth-order valence-corrected chi connectivity index (χ4v) is 4.81. The summed E-state index contributed by atoms with van der Waals surface area (Å²) in [6.07, 6.45) is 7.32. The molecule has 4 nitrogen and oxygen atoms in total. The van der Waals surface area contributed by atoms with Gasteiger partial charge in [-0.15, -0.1) is 11.3 Å². The first kappa shape index (κ1) is 14.2. The van der Waals surface area contributed by atoms with E-state index < -0.39 is 0 Å². The van der Waals surface area contributed by atoms with Crippen molar-refractivity contribution in [2.45, 2.75) is 44.4 Å². The minimum atomic E-state index is 0.551. The summed E-state index contributed by atoms with van der Waals surface area (Å²) >= 11 is 1.87. The first-order valence-electron chi connectivity index (χ1n) is 8.72. The summed E-state index contributed by atoms with van der Waals surface area (Å²) in [5, 5.41) is 4.76. The summed E-state index contributed by atoms with van der Waals surface area (Å²) in [4.78, 5) is 12.5. The third kappa shape index (κ3) is 2.44. The number of aromatic nitrogens is 2. The smallest absolute Gasteiger partial charge is 0.143 e. The molecule has 0 bridgehead atoms. The van der Waals surface area contributed by atoms with E-state index in [0.29, 0.717) is 5.92 Å². The van der Waals surface area contributed by atoms with Crippen LogP contribution < -0.4 is 11.1 Å². The Morgan fingerprint density at radius 2 is 2.00 bits per heavy atom. The summed E-state index contributed by atoms with van der Waals surface area (Å²) in [5.74, 6) is 2.52. The van der Waals surface area contributed by atoms with Crippen LogP contribution in [0.1, 0.15) is 47.9 Å². The average Bonchev–Trinajstić information content (AvgIpc) is 3.35. The first-order chi connectivity index (χ1) is 11.8. The van der Waals surface area contributed by atoms with Crippen LogP contribution >= 0.6 is 11.3 Å². The molecule has 0 radical (unpaired) electrons. The number of thiophene rings is 1. The van der Waals surface area contributed by atoms with Gasteiger partial charge in [-0.25, -0.2) is 9.97 Å². The minimum absolute atomic E-state index is 0.551. The van der Waals surface area contributed by atoms with Crippen molar-refractivity contribution in [3.63, 3.8) is 0 Å². The van der Waals surface area contributed by atoms with Crippen molar-refractivity contribution in [1.82, 2.24) is 9.97 Å². The SMILES string of the molecule is Nc1cccc(Nc2nc(C3CC3)nc3sc4c(c23)CCCC4)c1. The highest BCUT2D eigenvalue weighted by Gasteiger charge is 2.29. The minimum Gasteiger partial charge on any atom is -0.399 e. The fourth-order valence-electron chi connectivity index (χ4n) is 3.54. The van der Waals surface area contributed by atoms with E-state index >= 15 is 0 Å². The van der Waals surface area contributed by atoms with E-state index in [0.717, 1.165) is 34.3 Å². The van der Waals surface area contributed by atoms with Crippen LogP contribution in [0.15, 0.2) is 24.3 Å². The normalized spacial score (nSPS) is 17.0. The van der Waals surface area contributed by atoms with Crippen molar-refractivity contribution >= 4 is 38.7 Å². The zero-order valence-corrected chi connectivity index (χ0v) is 14.3. The van der Waals surface area contributed by atoms with Gasteiger partial charge in [-0.05, 0) is 62.3 Å². The molecule has 0 saturated heterocycles. The predicted octanol–water partition coefficient (Wildman–Crippen LogP) is 4.77. The number of fused-ring (bicyclic) bond motifs is 3. The molecule has 1 saturated carbocycles. The number of rotatable bonds is 3. The third-order valence-corrected chi connectivity index (χ3v) is 6.11. The number of nitrogen functional groups attached to an aromatic ring is 1. The first-order valence-corrected chi connectivity index (χ1v) is 9.54. The molecule has 2 heterocycles. The van der Waals surface area contributed by atoms with Crippen LogP contribution in [0.3, 0.4) is 0 Å². The molecule has 5 rings (SSSR count). The van der Waals surface area contributed by atoms with Gasteiger partial charge in [-0.3, -0.25) is 0 Å². The van der Waals surface area contributed by atoms with Gasteiger partial charge in [-0.1, -0.05) is 6.07 Å². The Kier molecular flexibility index (Phi) is 3.23. The van der Waals surface area contributed by atoms with Crippen LogP contribution in [0, 0.1) is 0 Å². The number of hydrogen-bond acceptors (Lipinski definition) is 5. The van der Waals surface area contributed by atoms with Crippen LogP contribution in [-0.2, 0) is 12.8 Å². The second-order valence-corrected chi connectivity index (χ2v) is 7.93. The molecule has 2 aliphatic rings. The molecular weight excluding hydrogens is 316 g/mol. The van der Waals surface area contributed by atoms with E-state index in [1.807, 2.05) is 35.6 Å². The van der Waals surface area contributed by atoms with Crippen LogP contribution in [-0.4, -0.2) is 9.97 Å². The molecule has 122 valence electrons. The van der Waals surface area contributed by atoms with Crippen molar-refractivity contribution in [3.05, 3.63) is 40.5 Å². The second kappa shape index (κ2) is 5.45. The van der Waals surface area contributed by atoms with Gasteiger partial charge in [0.05, 0.1) is 5.39 Å². The standard InChI is InChI=1S/C19H20N4S/c20-12-4-3-5-13(10-12)21-18-16-14-6-1-2-7-15(14)24-19(16)23-17(22-18)11-8-9-11/h3-5,10-11H,1-2,6-9,20H2,(H,21,22,23). The Hall–Kier alpha value is -2.14. The molecule has 5 heteroatoms. The van der Waals surface area contributed by atoms with Gasteiger partial charge in [0.15, 0.2) is 0 Å². The number of aryl methyl sites for hydroxylation is 2. The maximum absolute atomic E-state index is 5.93. The number of nitrogens with one attached hydrogen (secondary N) is 1. The van der Waals surface area contributed by atoms with Gasteiger partial charge in [-0.2, -0.15) is 0 Å². The average molecular weight is 336 g/mol. The Morgan fingerprint density at radius 1 is 1.12 bits per heavy atom. The lowest BCUT2D eigenvalue weighted by atomic mass is 9.97. The quantitative estimate of drug-likeness (QED) is 0.676. The van der Waals surface area contributed by atoms with E-state index in [-0.39, 0.29) is 0 Å². The molecule has 0 unspecified atom stereocenters. The van der Waals surface area contributed by atoms with E-state index in [4.69, 9.17) is 15.7 Å². The summed E-state index contributed by atoms with van der Waals surface area (Å²) in [5.41, 5.74) is 9.16. The Morgan fingerprint density at radius 3 is 2.83 bits per heavy atom. The molecular formula is C19H20N4S. The van der Waals surface area contributed by atoms with Gasteiger partial charge in [0.25, 0.3) is 0 Å². The molecule has 0 atom stereocenters. The van der Waals surface area contributed by atoms with Crippen LogP contribution in [0.2, 0.25) is 0 Å². The zero-order chi connectivity index (χ0) is 16.1. The highest BCUT2D eigenvalue weighted by molar-refractivity contribution is 7.19. The highest BCUT2D eigenvalue weighted by atomic mass is 32.1. The number of anilines is 3. The molecule has 0 aliphatic heterocycles. The van der Waals surface area contributed by atoms with Gasteiger partial charge in [0, 0.05) is 22.2 Å². The van der Waals surface area contributed by atoms with Crippen molar-refractivity contribution in [1.29, 1.82) is 0 Å². The number of nitrogens with zero attached hydrogens (tertiary/aromatic N) is 2. The van der Waals surface area contributed by atoms with Crippen molar-refractivity contribution in [2.75, 3.05) is 11.1 Å². The van der Waals surface area contributed by atoms with Crippen molar-refractivity contribution < 1.29 is 0 Å². The van der Waals surface area contributed by atoms with Crippen molar-refractivity contribution in [3.8, 4) is 0 Å². The monoisotopic (exact) mass is 336 g/mol. The maximum atomic E-state index is 5.93. The summed E-state index contributed by atoms with van der Waals surface area (Å²) < 4.78 is 0. The number of nitrogens with two attached hydrogens (primary N) is 1. The van der Waals surface area contributed by atoms with E-state index in [1.165, 1.54) is 47.9 Å². The lowest BCUT2D eigenvalue weighted by Crippen LogP contribution is -2.03. The predicted molar refractivity (Wildman–Crippen MR) is 100 cm³/mol. The van der Waals surface area contributed by atoms with Gasteiger partial charge in [0.2, 0.25) is 0 Å². The fraction of sp³-hybridized carbons (Fsp3) is 0.368. The van der Waals surface area contributed by atoms with Gasteiger partial charge in [0.1, 0.15) is 16.5 Å². The summed E-state index contributed by atoms with van der Waals surface area (Å²) in [7, 11) is 0. The van der Waals surface area contributed by atoms with E-state index in [2.05, 4.69) is 5.32 Å². The van der Waals surface area contributed by atoms with Crippen LogP contribution in [0.25, 0.3) is 10.2 Å². The number of benzene rings is 1. The topological polar surface area (TPSA) is 63.8 Å². The van der Waals surface area contributed by atoms with Crippen molar-refractivity contribution in [2.24, 2.45) is 0 Å². The molecule has 3 aromatic rings. The molecule has 24 heavy (non-hydrogen) atoms. The molecule has 2 aliphatic carbocycles. The summed E-state index contributed by atoms with van der Waals surface area (Å²) in [6.45, 7) is 0. The Balaban J connectivity index is 1.67. The largest absolute Gasteiger partial charge is 0.399 e. The van der Waals surface area contributed by atoms with Crippen LogP contribution in [0.5, 0.6) is 0 Å². The zero-order valence-electron chi connectivity index (χ0n) is 13.5. The molecule has 1 fully saturated rings. The Labute approximate surface area is 145 Å². The third-order valence-electron chi connectivity index (χ3n) is 4.92. The molecule has 0 amide bonds. The molecule has 1 aromatic carbocycles.